The van der Waals surface area contributed by atoms with Crippen molar-refractivity contribution in [1.29, 1.82) is 0 Å². The Labute approximate surface area is 260 Å². The summed E-state index contributed by atoms with van der Waals surface area (Å²) in [4.78, 5) is 18.1. The van der Waals surface area contributed by atoms with Crippen molar-refractivity contribution in [3.8, 4) is 23.3 Å². The van der Waals surface area contributed by atoms with Crippen LogP contribution in [0.15, 0.2) is 91.0 Å². The van der Waals surface area contributed by atoms with Crippen molar-refractivity contribution in [2.24, 2.45) is 0 Å². The van der Waals surface area contributed by atoms with Crippen LogP contribution < -0.4 is 34.9 Å². The lowest BCUT2D eigenvalue weighted by molar-refractivity contribution is 0.0401. The summed E-state index contributed by atoms with van der Waals surface area (Å²) in [5, 5.41) is 4.05. The van der Waals surface area contributed by atoms with Crippen molar-refractivity contribution < 1.29 is 33.2 Å². The molecule has 0 saturated heterocycles. The first-order valence-electron chi connectivity index (χ1n) is 14.6. The largest absolute Gasteiger partial charge is 0.489 e. The Morgan fingerprint density at radius 2 is 1.14 bits per heavy atom. The van der Waals surface area contributed by atoms with Gasteiger partial charge in [-0.2, -0.15) is 4.98 Å². The molecule has 4 aromatic rings. The van der Waals surface area contributed by atoms with E-state index in [0.29, 0.717) is 6.42 Å². The zero-order valence-corrected chi connectivity index (χ0v) is 26.8. The SMILES string of the molecule is COCOc1nc(OC)c(OC)c(OCOC)c1C(=O)CCCCC[P+](c1ccccc1)(c1ccccc1)c1ccccc1. The minimum absolute atomic E-state index is 0.0581. The molecule has 0 radical (unpaired) electrons. The van der Waals surface area contributed by atoms with Crippen LogP contribution in [0.25, 0.3) is 0 Å². The van der Waals surface area contributed by atoms with Crippen LogP contribution in [0.3, 0.4) is 0 Å². The van der Waals surface area contributed by atoms with E-state index in [1.165, 1.54) is 44.4 Å². The van der Waals surface area contributed by atoms with Gasteiger partial charge in [-0.1, -0.05) is 54.6 Å². The minimum Gasteiger partial charge on any atom is -0.489 e. The molecule has 0 N–H and O–H groups in total. The first-order valence-corrected chi connectivity index (χ1v) is 16.6. The van der Waals surface area contributed by atoms with Gasteiger partial charge >= 0.3 is 0 Å². The number of rotatable bonds is 18. The lowest BCUT2D eigenvalue weighted by Crippen LogP contribution is -2.33. The maximum Gasteiger partial charge on any atom is 0.264 e. The predicted octanol–water partition coefficient (Wildman–Crippen LogP) is 5.80. The first kappa shape index (κ1) is 32.9. The maximum absolute atomic E-state index is 13.7. The number of ether oxygens (including phenoxy) is 6. The quantitative estimate of drug-likeness (QED) is 0.0599. The second-order valence-electron chi connectivity index (χ2n) is 10.0. The lowest BCUT2D eigenvalue weighted by Gasteiger charge is -2.27. The molecule has 1 aromatic heterocycles. The van der Waals surface area contributed by atoms with E-state index in [9.17, 15) is 4.79 Å². The van der Waals surface area contributed by atoms with Crippen LogP contribution in [0.2, 0.25) is 0 Å². The second-order valence-corrected chi connectivity index (χ2v) is 13.7. The minimum atomic E-state index is -1.93. The maximum atomic E-state index is 13.7. The molecule has 232 valence electrons. The predicted molar refractivity (Wildman–Crippen MR) is 175 cm³/mol. The Morgan fingerprint density at radius 3 is 1.61 bits per heavy atom. The van der Waals surface area contributed by atoms with Crippen molar-refractivity contribution >= 4 is 29.0 Å². The fourth-order valence-corrected chi connectivity index (χ4v) is 9.77. The van der Waals surface area contributed by atoms with Crippen LogP contribution in [-0.2, 0) is 9.47 Å². The van der Waals surface area contributed by atoms with Crippen LogP contribution in [0.5, 0.6) is 23.3 Å². The molecule has 0 bridgehead atoms. The van der Waals surface area contributed by atoms with Crippen LogP contribution in [0.4, 0.5) is 0 Å². The van der Waals surface area contributed by atoms with E-state index in [-0.39, 0.29) is 54.6 Å². The Morgan fingerprint density at radius 1 is 0.614 bits per heavy atom. The smallest absolute Gasteiger partial charge is 0.264 e. The number of pyridine rings is 1. The highest BCUT2D eigenvalue weighted by Gasteiger charge is 2.44. The summed E-state index contributed by atoms with van der Waals surface area (Å²) < 4.78 is 32.6. The summed E-state index contributed by atoms with van der Waals surface area (Å²) >= 11 is 0. The number of methoxy groups -OCH3 is 4. The third-order valence-corrected chi connectivity index (χ3v) is 11.9. The highest BCUT2D eigenvalue weighted by Crippen LogP contribution is 2.56. The average Bonchev–Trinajstić information content (AvgIpc) is 3.08. The molecule has 0 aliphatic heterocycles. The average molecular weight is 619 g/mol. The van der Waals surface area contributed by atoms with Crippen molar-refractivity contribution in [3.63, 3.8) is 0 Å². The molecule has 0 atom stereocenters. The van der Waals surface area contributed by atoms with Gasteiger partial charge in [-0.25, -0.2) is 0 Å². The van der Waals surface area contributed by atoms with E-state index >= 15 is 0 Å². The molecule has 3 aromatic carbocycles. The molecule has 0 amide bonds. The van der Waals surface area contributed by atoms with Gasteiger partial charge in [0.1, 0.15) is 28.7 Å². The van der Waals surface area contributed by atoms with Gasteiger partial charge in [-0.05, 0) is 55.7 Å². The van der Waals surface area contributed by atoms with Crippen LogP contribution in [0.1, 0.15) is 36.0 Å². The van der Waals surface area contributed by atoms with Gasteiger partial charge in [-0.15, -0.1) is 0 Å². The Balaban J connectivity index is 1.57. The molecule has 8 nitrogen and oxygen atoms in total. The lowest BCUT2D eigenvalue weighted by atomic mass is 10.0. The number of aromatic nitrogens is 1. The summed E-state index contributed by atoms with van der Waals surface area (Å²) in [6, 6.07) is 32.5. The van der Waals surface area contributed by atoms with Gasteiger partial charge in [0.2, 0.25) is 11.6 Å². The Kier molecular flexibility index (Phi) is 12.5. The summed E-state index contributed by atoms with van der Waals surface area (Å²) in [6.45, 7) is -0.200. The summed E-state index contributed by atoms with van der Waals surface area (Å²) in [7, 11) is 3.98. The number of Topliss-reactive ketones (excluding diaryl/α,β-unsaturated/α-hetero) is 1. The normalized spacial score (nSPS) is 11.2. The van der Waals surface area contributed by atoms with Gasteiger partial charge in [0.05, 0.1) is 20.4 Å². The molecule has 0 aliphatic carbocycles. The van der Waals surface area contributed by atoms with Crippen LogP contribution >= 0.6 is 7.26 Å². The van der Waals surface area contributed by atoms with Gasteiger partial charge in [0.15, 0.2) is 25.1 Å². The Hall–Kier alpha value is -3.97. The molecule has 9 heteroatoms. The second kappa shape index (κ2) is 16.8. The molecule has 4 rings (SSSR count). The van der Waals surface area contributed by atoms with E-state index in [0.717, 1.165) is 19.0 Å². The molecule has 0 saturated carbocycles. The topological polar surface area (TPSA) is 85.3 Å². The van der Waals surface area contributed by atoms with Crippen molar-refractivity contribution in [2.75, 3.05) is 48.2 Å². The summed E-state index contributed by atoms with van der Waals surface area (Å²) in [5.74, 6) is 0.373. The van der Waals surface area contributed by atoms with E-state index in [1.807, 2.05) is 0 Å². The monoisotopic (exact) mass is 618 g/mol. The number of nitrogens with zero attached hydrogens (tertiary/aromatic N) is 1. The standard InChI is InChI=1S/C35H41NO7P/c1-38-25-42-32-31(34(43-26-39-2)36-35(41-4)33(32)40-3)30(37)23-15-8-16-24-44(27-17-9-5-10-18-27,28-19-11-6-12-20-28)29-21-13-7-14-22-29/h5-7,9-14,17-22H,8,15-16,23-26H2,1-4H3/q+1. The van der Waals surface area contributed by atoms with Gasteiger partial charge < -0.3 is 28.4 Å². The van der Waals surface area contributed by atoms with E-state index < -0.39 is 7.26 Å². The number of carbonyl (C=O) groups excluding carboxylic acids is 1. The molecule has 0 unspecified atom stereocenters. The molecule has 44 heavy (non-hydrogen) atoms. The van der Waals surface area contributed by atoms with Crippen molar-refractivity contribution in [1.82, 2.24) is 4.98 Å². The highest BCUT2D eigenvalue weighted by atomic mass is 31.2. The first-order chi connectivity index (χ1) is 21.6. The van der Waals surface area contributed by atoms with Crippen LogP contribution in [-0.4, -0.2) is 59.0 Å². The molecule has 0 aliphatic rings. The van der Waals surface area contributed by atoms with E-state index in [2.05, 4.69) is 96.0 Å². The van der Waals surface area contributed by atoms with E-state index in [1.54, 1.807) is 0 Å². The number of hydrogen-bond donors (Lipinski definition) is 0. The van der Waals surface area contributed by atoms with Gasteiger partial charge in [0.25, 0.3) is 5.88 Å². The third-order valence-electron chi connectivity index (χ3n) is 7.34. The van der Waals surface area contributed by atoms with Gasteiger partial charge in [0, 0.05) is 20.6 Å². The van der Waals surface area contributed by atoms with Crippen LogP contribution in [0, 0.1) is 0 Å². The molecule has 0 fully saturated rings. The van der Waals surface area contributed by atoms with Crippen molar-refractivity contribution in [2.45, 2.75) is 25.7 Å². The molecular weight excluding hydrogens is 577 g/mol. The third kappa shape index (κ3) is 7.56. The van der Waals surface area contributed by atoms with Crippen molar-refractivity contribution in [3.05, 3.63) is 96.6 Å². The van der Waals surface area contributed by atoms with E-state index in [4.69, 9.17) is 28.4 Å². The molecule has 1 heterocycles. The fraction of sp³-hybridized carbons (Fsp3) is 0.314. The number of hydrogen-bond acceptors (Lipinski definition) is 8. The fourth-order valence-electron chi connectivity index (χ4n) is 5.36. The number of unbranched alkanes of at least 4 members (excludes halogenated alkanes) is 2. The summed E-state index contributed by atoms with van der Waals surface area (Å²) in [6.07, 6.45) is 3.76. The molecule has 0 spiro atoms. The zero-order valence-electron chi connectivity index (χ0n) is 25.9. The molecular formula is C35H41NO7P+. The Bertz CT molecular complexity index is 1360. The van der Waals surface area contributed by atoms with Gasteiger partial charge in [-0.3, -0.25) is 4.79 Å². The summed E-state index contributed by atoms with van der Waals surface area (Å²) in [5.41, 5.74) is 0.177. The highest BCUT2D eigenvalue weighted by molar-refractivity contribution is 7.95. The zero-order chi connectivity index (χ0) is 31.2. The number of carbonyl (C=O) groups is 1. The number of benzene rings is 3. The number of ketones is 1.